The predicted octanol–water partition coefficient (Wildman–Crippen LogP) is 1.39. The van der Waals surface area contributed by atoms with Crippen LogP contribution in [0.5, 0.6) is 0 Å². The Morgan fingerprint density at radius 3 is 1.95 bits per heavy atom. The molecule has 0 unspecified atom stereocenters. The van der Waals surface area contributed by atoms with Crippen LogP contribution < -0.4 is 16.2 Å². The summed E-state index contributed by atoms with van der Waals surface area (Å²) in [6, 6.07) is 1.86. The fourth-order valence-corrected chi connectivity index (χ4v) is 3.96. The van der Waals surface area contributed by atoms with E-state index < -0.39 is 22.0 Å². The minimum atomic E-state index is -4.20. The molecule has 0 aliphatic carbocycles. The summed E-state index contributed by atoms with van der Waals surface area (Å²) in [6.45, 7) is 7.11. The number of primary amides is 2. The molecule has 7 nitrogen and oxygen atoms in total. The largest absolute Gasteiger partial charge is 0.366 e. The number of amides is 3. The van der Waals surface area contributed by atoms with E-state index in [0.29, 0.717) is 5.56 Å². The second-order valence-corrected chi connectivity index (χ2v) is 7.21. The maximum absolute atomic E-state index is 12.5. The molecular weight excluding hydrogens is 306 g/mol. The van der Waals surface area contributed by atoms with Gasteiger partial charge in [0.05, 0.1) is 4.90 Å². The van der Waals surface area contributed by atoms with Gasteiger partial charge in [0.1, 0.15) is 0 Å². The first-order chi connectivity index (χ1) is 9.99. The lowest BCUT2D eigenvalue weighted by Gasteiger charge is -2.21. The SMILES string of the molecule is CC(C)c1ccc(C(N)=O)c(C(C)C)c1S(=O)(=O)NC(N)=O. The van der Waals surface area contributed by atoms with Crippen molar-refractivity contribution in [3.63, 3.8) is 0 Å². The summed E-state index contributed by atoms with van der Waals surface area (Å²) in [5, 5.41) is 0. The van der Waals surface area contributed by atoms with Crippen LogP contribution in [0.15, 0.2) is 17.0 Å². The standard InChI is InChI=1S/C14H21N3O4S/c1-7(2)9-5-6-10(13(15)18)11(8(3)4)12(9)22(20,21)17-14(16)19/h5-8H,1-4H3,(H2,15,18)(H3,16,17,19). The fraction of sp³-hybridized carbons (Fsp3) is 0.429. The molecule has 0 fully saturated rings. The number of sulfonamides is 1. The number of urea groups is 1. The molecule has 0 spiro atoms. The molecular formula is C14H21N3O4S. The zero-order valence-corrected chi connectivity index (χ0v) is 13.8. The molecule has 5 N–H and O–H groups in total. The van der Waals surface area contributed by atoms with E-state index >= 15 is 0 Å². The van der Waals surface area contributed by atoms with E-state index in [-0.39, 0.29) is 27.9 Å². The van der Waals surface area contributed by atoms with Crippen LogP contribution >= 0.6 is 0 Å². The molecule has 22 heavy (non-hydrogen) atoms. The highest BCUT2D eigenvalue weighted by Crippen LogP contribution is 2.34. The highest BCUT2D eigenvalue weighted by Gasteiger charge is 2.29. The molecule has 1 rings (SSSR count). The maximum atomic E-state index is 12.5. The van der Waals surface area contributed by atoms with Gasteiger partial charge in [-0.05, 0) is 29.0 Å². The van der Waals surface area contributed by atoms with Gasteiger partial charge in [-0.15, -0.1) is 0 Å². The van der Waals surface area contributed by atoms with Gasteiger partial charge in [0, 0.05) is 5.56 Å². The first-order valence-electron chi connectivity index (χ1n) is 6.77. The van der Waals surface area contributed by atoms with Gasteiger partial charge in [-0.1, -0.05) is 33.8 Å². The normalized spacial score (nSPS) is 11.7. The monoisotopic (exact) mass is 327 g/mol. The second kappa shape index (κ2) is 6.35. The Morgan fingerprint density at radius 1 is 1.05 bits per heavy atom. The Labute approximate surface area is 130 Å². The highest BCUT2D eigenvalue weighted by atomic mass is 32.2. The fourth-order valence-electron chi connectivity index (χ4n) is 2.34. The van der Waals surface area contributed by atoms with Crippen molar-refractivity contribution in [3.05, 3.63) is 28.8 Å². The van der Waals surface area contributed by atoms with Crippen LogP contribution in [0.3, 0.4) is 0 Å². The highest BCUT2D eigenvalue weighted by molar-refractivity contribution is 7.90. The predicted molar refractivity (Wildman–Crippen MR) is 83.0 cm³/mol. The summed E-state index contributed by atoms with van der Waals surface area (Å²) >= 11 is 0. The van der Waals surface area contributed by atoms with Crippen molar-refractivity contribution in [2.45, 2.75) is 44.4 Å². The van der Waals surface area contributed by atoms with Crippen molar-refractivity contribution in [2.75, 3.05) is 0 Å². The zero-order valence-electron chi connectivity index (χ0n) is 13.0. The lowest BCUT2D eigenvalue weighted by molar-refractivity contribution is 0.0998. The van der Waals surface area contributed by atoms with Gasteiger partial charge < -0.3 is 11.5 Å². The minimum Gasteiger partial charge on any atom is -0.366 e. The lowest BCUT2D eigenvalue weighted by Crippen LogP contribution is -2.36. The number of benzene rings is 1. The van der Waals surface area contributed by atoms with Crippen molar-refractivity contribution in [3.8, 4) is 0 Å². The Hall–Kier alpha value is -2.09. The first kappa shape index (κ1) is 18.0. The molecule has 1 aromatic rings. The van der Waals surface area contributed by atoms with Crippen molar-refractivity contribution >= 4 is 22.0 Å². The number of carbonyl (C=O) groups is 2. The molecule has 8 heteroatoms. The average Bonchev–Trinajstić information content (AvgIpc) is 2.34. The number of nitrogens with two attached hydrogens (primary N) is 2. The van der Waals surface area contributed by atoms with Crippen molar-refractivity contribution in [1.82, 2.24) is 4.72 Å². The van der Waals surface area contributed by atoms with Crippen LogP contribution in [0.4, 0.5) is 4.79 Å². The molecule has 0 saturated carbocycles. The third kappa shape index (κ3) is 3.56. The molecule has 0 saturated heterocycles. The molecule has 0 aromatic heterocycles. The minimum absolute atomic E-state index is 0.104. The summed E-state index contributed by atoms with van der Waals surface area (Å²) in [6.07, 6.45) is 0. The topological polar surface area (TPSA) is 132 Å². The molecule has 122 valence electrons. The second-order valence-electron chi connectivity index (χ2n) is 5.59. The van der Waals surface area contributed by atoms with Crippen LogP contribution in [0.25, 0.3) is 0 Å². The van der Waals surface area contributed by atoms with Gasteiger partial charge in [0.15, 0.2) is 0 Å². The van der Waals surface area contributed by atoms with Crippen molar-refractivity contribution in [1.29, 1.82) is 0 Å². The van der Waals surface area contributed by atoms with Crippen molar-refractivity contribution in [2.24, 2.45) is 11.5 Å². The Balaban J connectivity index is 3.87. The Kier molecular flexibility index (Phi) is 5.18. The molecule has 0 radical (unpaired) electrons. The van der Waals surface area contributed by atoms with Crippen LogP contribution in [-0.4, -0.2) is 20.4 Å². The van der Waals surface area contributed by atoms with Crippen LogP contribution in [-0.2, 0) is 10.0 Å². The summed E-state index contributed by atoms with van der Waals surface area (Å²) in [7, 11) is -4.20. The zero-order chi connectivity index (χ0) is 17.2. The van der Waals surface area contributed by atoms with Gasteiger partial charge in [-0.2, -0.15) is 0 Å². The number of rotatable bonds is 5. The molecule has 3 amide bonds. The lowest BCUT2D eigenvalue weighted by atomic mass is 9.91. The van der Waals surface area contributed by atoms with Gasteiger partial charge in [0.25, 0.3) is 10.0 Å². The number of hydrogen-bond donors (Lipinski definition) is 3. The number of carbonyl (C=O) groups excluding carboxylic acids is 2. The van der Waals surface area contributed by atoms with E-state index in [4.69, 9.17) is 11.5 Å². The molecule has 0 atom stereocenters. The van der Waals surface area contributed by atoms with E-state index in [2.05, 4.69) is 0 Å². The summed E-state index contributed by atoms with van der Waals surface area (Å²) < 4.78 is 26.8. The van der Waals surface area contributed by atoms with E-state index in [9.17, 15) is 18.0 Å². The van der Waals surface area contributed by atoms with Crippen LogP contribution in [0.1, 0.15) is 61.0 Å². The van der Waals surface area contributed by atoms with Gasteiger partial charge in [-0.3, -0.25) is 4.79 Å². The Morgan fingerprint density at radius 2 is 1.59 bits per heavy atom. The maximum Gasteiger partial charge on any atom is 0.326 e. The number of hydrogen-bond acceptors (Lipinski definition) is 4. The third-order valence-corrected chi connectivity index (χ3v) is 4.66. The van der Waals surface area contributed by atoms with Gasteiger partial charge in [-0.25, -0.2) is 17.9 Å². The van der Waals surface area contributed by atoms with E-state index in [1.165, 1.54) is 12.1 Å². The van der Waals surface area contributed by atoms with Crippen LogP contribution in [0, 0.1) is 0 Å². The molecule has 1 aromatic carbocycles. The molecule has 0 aliphatic heterocycles. The molecule has 0 aliphatic rings. The quantitative estimate of drug-likeness (QED) is 0.753. The molecule has 0 heterocycles. The third-order valence-electron chi connectivity index (χ3n) is 3.20. The summed E-state index contributed by atoms with van der Waals surface area (Å²) in [4.78, 5) is 22.5. The summed E-state index contributed by atoms with van der Waals surface area (Å²) in [5.74, 6) is -1.16. The van der Waals surface area contributed by atoms with E-state index in [1.54, 1.807) is 18.6 Å². The van der Waals surface area contributed by atoms with Gasteiger partial charge in [0.2, 0.25) is 5.91 Å². The average molecular weight is 327 g/mol. The smallest absolute Gasteiger partial charge is 0.326 e. The van der Waals surface area contributed by atoms with E-state index in [1.807, 2.05) is 13.8 Å². The van der Waals surface area contributed by atoms with Crippen molar-refractivity contribution < 1.29 is 18.0 Å². The van der Waals surface area contributed by atoms with Crippen LogP contribution in [0.2, 0.25) is 0 Å². The molecule has 0 bridgehead atoms. The first-order valence-corrected chi connectivity index (χ1v) is 8.26. The van der Waals surface area contributed by atoms with Gasteiger partial charge >= 0.3 is 6.03 Å². The van der Waals surface area contributed by atoms with E-state index in [0.717, 1.165) is 0 Å². The summed E-state index contributed by atoms with van der Waals surface area (Å²) in [5.41, 5.74) is 11.2. The number of nitrogens with one attached hydrogen (secondary N) is 1. The Bertz CT molecular complexity index is 709.